The summed E-state index contributed by atoms with van der Waals surface area (Å²) in [5, 5.41) is 0. The van der Waals surface area contributed by atoms with Crippen molar-refractivity contribution in [2.24, 2.45) is 11.8 Å². The van der Waals surface area contributed by atoms with Crippen LogP contribution < -0.4 is 0 Å². The van der Waals surface area contributed by atoms with Gasteiger partial charge in [0.25, 0.3) is 0 Å². The molecule has 2 heteroatoms. The Morgan fingerprint density at radius 2 is 1.63 bits per heavy atom. The largest absolute Gasteiger partial charge is 0.309 e. The molecule has 1 radical (unpaired) electrons. The van der Waals surface area contributed by atoms with Gasteiger partial charge in [0.1, 0.15) is 0 Å². The Morgan fingerprint density at radius 3 is 2.21 bits per heavy atom. The Hall–Kier alpha value is -0.0800. The molecule has 2 saturated carbocycles. The molecule has 2 nitrogen and oxygen atoms in total. The highest BCUT2D eigenvalue weighted by atomic mass is 15.1. The summed E-state index contributed by atoms with van der Waals surface area (Å²) in [6.45, 7) is 1.29. The van der Waals surface area contributed by atoms with Crippen LogP contribution in [0.15, 0.2) is 0 Å². The van der Waals surface area contributed by atoms with Crippen LogP contribution in [0.2, 0.25) is 0 Å². The third-order valence-electron chi connectivity index (χ3n) is 5.32. The first kappa shape index (κ1) is 15.3. The molecule has 0 N–H and O–H groups in total. The lowest BCUT2D eigenvalue weighted by atomic mass is 9.70. The van der Waals surface area contributed by atoms with E-state index in [2.05, 4.69) is 38.0 Å². The molecular weight excluding hydrogens is 232 g/mol. The van der Waals surface area contributed by atoms with E-state index in [1.54, 1.807) is 0 Å². The zero-order valence-electron chi connectivity index (χ0n) is 13.5. The first-order valence-electron chi connectivity index (χ1n) is 8.22. The third-order valence-corrected chi connectivity index (χ3v) is 5.32. The average molecular weight is 265 g/mol. The normalized spacial score (nSPS) is 31.3. The zero-order chi connectivity index (χ0) is 13.8. The van der Waals surface area contributed by atoms with E-state index >= 15 is 0 Å². The van der Waals surface area contributed by atoms with E-state index in [1.165, 1.54) is 57.9 Å². The molecule has 0 bridgehead atoms. The molecule has 19 heavy (non-hydrogen) atoms. The summed E-state index contributed by atoms with van der Waals surface area (Å²) >= 11 is 0. The predicted molar refractivity (Wildman–Crippen MR) is 83.2 cm³/mol. The molecule has 0 amide bonds. The molecule has 111 valence electrons. The van der Waals surface area contributed by atoms with Gasteiger partial charge < -0.3 is 9.80 Å². The van der Waals surface area contributed by atoms with Gasteiger partial charge in [-0.3, -0.25) is 0 Å². The Morgan fingerprint density at radius 1 is 0.947 bits per heavy atom. The van der Waals surface area contributed by atoms with Gasteiger partial charge in [-0.15, -0.1) is 0 Å². The summed E-state index contributed by atoms with van der Waals surface area (Å²) < 4.78 is 0. The van der Waals surface area contributed by atoms with Gasteiger partial charge in [0.2, 0.25) is 0 Å². The standard InChI is InChI=1S/C17H33N2/c1-18(2)13-14-8-10-15(11-9-14)16-6-5-7-17(12-16)19(3)4/h14,16-17H,5-13H2,1-4H3. The summed E-state index contributed by atoms with van der Waals surface area (Å²) in [5.74, 6) is 3.81. The van der Waals surface area contributed by atoms with Crippen LogP contribution in [0, 0.1) is 17.8 Å². The highest BCUT2D eigenvalue weighted by molar-refractivity contribution is 5.02. The molecular formula is C17H33N2. The Labute approximate surface area is 120 Å². The van der Waals surface area contributed by atoms with Gasteiger partial charge in [-0.2, -0.15) is 0 Å². The van der Waals surface area contributed by atoms with Crippen molar-refractivity contribution < 1.29 is 0 Å². The van der Waals surface area contributed by atoms with Crippen molar-refractivity contribution in [1.82, 2.24) is 9.80 Å². The van der Waals surface area contributed by atoms with Crippen molar-refractivity contribution in [3.63, 3.8) is 0 Å². The van der Waals surface area contributed by atoms with Crippen molar-refractivity contribution in [2.45, 2.75) is 57.4 Å². The van der Waals surface area contributed by atoms with Crippen LogP contribution in [0.3, 0.4) is 0 Å². The van der Waals surface area contributed by atoms with Crippen LogP contribution >= 0.6 is 0 Å². The molecule has 0 aromatic rings. The van der Waals surface area contributed by atoms with Crippen LogP contribution in [0.25, 0.3) is 0 Å². The molecule has 2 aliphatic rings. The van der Waals surface area contributed by atoms with Gasteiger partial charge in [0.15, 0.2) is 0 Å². The first-order valence-corrected chi connectivity index (χ1v) is 8.22. The lowest BCUT2D eigenvalue weighted by Gasteiger charge is -2.40. The van der Waals surface area contributed by atoms with Crippen LogP contribution in [-0.4, -0.2) is 50.6 Å². The van der Waals surface area contributed by atoms with Gasteiger partial charge >= 0.3 is 0 Å². The molecule has 2 atom stereocenters. The highest BCUT2D eigenvalue weighted by Crippen LogP contribution is 2.42. The van der Waals surface area contributed by atoms with Gasteiger partial charge in [0, 0.05) is 12.6 Å². The minimum Gasteiger partial charge on any atom is -0.309 e. The summed E-state index contributed by atoms with van der Waals surface area (Å²) in [6, 6.07) is 0.839. The smallest absolute Gasteiger partial charge is 0.00920 e. The number of nitrogens with zero attached hydrogens (tertiary/aromatic N) is 2. The SMILES string of the molecule is CN(C)CC1CC[C](C2CCCC(N(C)C)C2)CC1. The van der Waals surface area contributed by atoms with Crippen LogP contribution in [0.5, 0.6) is 0 Å². The fourth-order valence-electron chi connectivity index (χ4n) is 4.16. The molecule has 0 saturated heterocycles. The van der Waals surface area contributed by atoms with Gasteiger partial charge in [0.05, 0.1) is 0 Å². The van der Waals surface area contributed by atoms with E-state index in [0.29, 0.717) is 0 Å². The number of hydrogen-bond acceptors (Lipinski definition) is 2. The van der Waals surface area contributed by atoms with Crippen molar-refractivity contribution in [3.8, 4) is 0 Å². The monoisotopic (exact) mass is 265 g/mol. The minimum atomic E-state index is 0.839. The third kappa shape index (κ3) is 4.46. The lowest BCUT2D eigenvalue weighted by molar-refractivity contribution is 0.172. The molecule has 2 unspecified atom stereocenters. The molecule has 0 heterocycles. The Kier molecular flexibility index (Phi) is 5.70. The maximum Gasteiger partial charge on any atom is 0.00920 e. The van der Waals surface area contributed by atoms with Gasteiger partial charge in [-0.05, 0) is 90.9 Å². The summed E-state index contributed by atoms with van der Waals surface area (Å²) in [7, 11) is 8.93. The topological polar surface area (TPSA) is 6.48 Å². The molecule has 2 rings (SSSR count). The van der Waals surface area contributed by atoms with Crippen LogP contribution in [0.4, 0.5) is 0 Å². The van der Waals surface area contributed by atoms with E-state index in [-0.39, 0.29) is 0 Å². The van der Waals surface area contributed by atoms with E-state index in [0.717, 1.165) is 17.9 Å². The minimum absolute atomic E-state index is 0.839. The Balaban J connectivity index is 1.77. The van der Waals surface area contributed by atoms with E-state index in [9.17, 15) is 0 Å². The highest BCUT2D eigenvalue weighted by Gasteiger charge is 2.32. The molecule has 2 fully saturated rings. The summed E-state index contributed by atoms with van der Waals surface area (Å²) in [4.78, 5) is 4.81. The number of rotatable bonds is 4. The van der Waals surface area contributed by atoms with Crippen molar-refractivity contribution in [1.29, 1.82) is 0 Å². The van der Waals surface area contributed by atoms with E-state index < -0.39 is 0 Å². The fourth-order valence-corrected chi connectivity index (χ4v) is 4.16. The van der Waals surface area contributed by atoms with E-state index in [4.69, 9.17) is 0 Å². The quantitative estimate of drug-likeness (QED) is 0.768. The predicted octanol–water partition coefficient (Wildman–Crippen LogP) is 3.43. The van der Waals surface area contributed by atoms with Crippen LogP contribution in [-0.2, 0) is 0 Å². The van der Waals surface area contributed by atoms with Gasteiger partial charge in [-0.25, -0.2) is 0 Å². The lowest BCUT2D eigenvalue weighted by Crippen LogP contribution is -2.36. The maximum absolute atomic E-state index is 2.45. The molecule has 2 aliphatic carbocycles. The molecule has 0 spiro atoms. The molecule has 0 aromatic carbocycles. The van der Waals surface area contributed by atoms with Crippen molar-refractivity contribution >= 4 is 0 Å². The zero-order valence-corrected chi connectivity index (χ0v) is 13.5. The number of hydrogen-bond donors (Lipinski definition) is 0. The second-order valence-corrected chi connectivity index (χ2v) is 7.34. The first-order chi connectivity index (χ1) is 9.06. The van der Waals surface area contributed by atoms with Crippen LogP contribution in [0.1, 0.15) is 51.4 Å². The second-order valence-electron chi connectivity index (χ2n) is 7.34. The molecule has 0 aromatic heterocycles. The summed E-state index contributed by atoms with van der Waals surface area (Å²) in [5.41, 5.74) is 0. The molecule has 0 aliphatic heterocycles. The van der Waals surface area contributed by atoms with Gasteiger partial charge in [-0.1, -0.05) is 6.42 Å². The Bertz CT molecular complexity index is 254. The average Bonchev–Trinajstić information content (AvgIpc) is 2.39. The summed E-state index contributed by atoms with van der Waals surface area (Å²) in [6.07, 6.45) is 11.5. The van der Waals surface area contributed by atoms with Crippen molar-refractivity contribution in [2.75, 3.05) is 34.7 Å². The van der Waals surface area contributed by atoms with E-state index in [1.807, 2.05) is 5.92 Å². The maximum atomic E-state index is 2.45. The fraction of sp³-hybridized carbons (Fsp3) is 0.941. The second kappa shape index (κ2) is 7.08. The van der Waals surface area contributed by atoms with Crippen molar-refractivity contribution in [3.05, 3.63) is 5.92 Å².